The predicted molar refractivity (Wildman–Crippen MR) is 82.4 cm³/mol. The van der Waals surface area contributed by atoms with Crippen LogP contribution in [0.25, 0.3) is 0 Å². The minimum absolute atomic E-state index is 0.0699. The number of sulfonamides is 1. The molecule has 2 rings (SSSR count). The molecule has 2 aromatic heterocycles. The fraction of sp³-hybridized carbons (Fsp3) is 0.357. The first-order valence-corrected chi connectivity index (χ1v) is 8.35. The highest BCUT2D eigenvalue weighted by molar-refractivity contribution is 7.89. The van der Waals surface area contributed by atoms with Gasteiger partial charge in [-0.25, -0.2) is 8.42 Å². The Labute approximate surface area is 134 Å². The van der Waals surface area contributed by atoms with Gasteiger partial charge >= 0.3 is 0 Å². The van der Waals surface area contributed by atoms with Crippen molar-refractivity contribution >= 4 is 15.9 Å². The van der Waals surface area contributed by atoms with Gasteiger partial charge < -0.3 is 9.84 Å². The summed E-state index contributed by atoms with van der Waals surface area (Å²) in [5.41, 5.74) is 0.784. The van der Waals surface area contributed by atoms with Gasteiger partial charge in [-0.05, 0) is 26.0 Å². The lowest BCUT2D eigenvalue weighted by Crippen LogP contribution is -2.36. The molecule has 0 radical (unpaired) electrons. The average Bonchev–Trinajstić information content (AvgIpc) is 2.87. The summed E-state index contributed by atoms with van der Waals surface area (Å²) in [5, 5.41) is 6.32. The van der Waals surface area contributed by atoms with Gasteiger partial charge in [0, 0.05) is 38.1 Å². The number of hydrogen-bond donors (Lipinski definition) is 1. The maximum atomic E-state index is 12.5. The minimum Gasteiger partial charge on any atom is -0.360 e. The van der Waals surface area contributed by atoms with Gasteiger partial charge in [-0.2, -0.15) is 4.31 Å². The molecule has 23 heavy (non-hydrogen) atoms. The number of aromatic nitrogens is 2. The Morgan fingerprint density at radius 1 is 1.30 bits per heavy atom. The van der Waals surface area contributed by atoms with Gasteiger partial charge in [0.15, 0.2) is 5.76 Å². The predicted octanol–water partition coefficient (Wildman–Crippen LogP) is 0.737. The third-order valence-electron chi connectivity index (χ3n) is 3.29. The average molecular weight is 338 g/mol. The Morgan fingerprint density at radius 2 is 1.96 bits per heavy atom. The van der Waals surface area contributed by atoms with E-state index in [2.05, 4.69) is 15.5 Å². The zero-order valence-corrected chi connectivity index (χ0v) is 13.9. The van der Waals surface area contributed by atoms with Crippen LogP contribution in [0.15, 0.2) is 33.9 Å². The second-order valence-corrected chi connectivity index (χ2v) is 6.95. The van der Waals surface area contributed by atoms with E-state index in [9.17, 15) is 13.2 Å². The molecule has 1 amide bonds. The summed E-state index contributed by atoms with van der Waals surface area (Å²) in [6, 6.07) is 3.17. The van der Waals surface area contributed by atoms with Crippen LogP contribution in [0.1, 0.15) is 21.8 Å². The number of nitrogens with one attached hydrogen (secondary N) is 1. The van der Waals surface area contributed by atoms with Crippen molar-refractivity contribution in [3.8, 4) is 0 Å². The first-order chi connectivity index (χ1) is 10.8. The first kappa shape index (κ1) is 17.1. The number of aryl methyl sites for hydroxylation is 2. The van der Waals surface area contributed by atoms with Gasteiger partial charge in [-0.15, -0.1) is 0 Å². The van der Waals surface area contributed by atoms with E-state index >= 15 is 0 Å². The zero-order valence-electron chi connectivity index (χ0n) is 13.1. The summed E-state index contributed by atoms with van der Waals surface area (Å²) in [6.07, 6.45) is 3.03. The van der Waals surface area contributed by atoms with Crippen molar-refractivity contribution in [2.24, 2.45) is 0 Å². The smallest absolute Gasteiger partial charge is 0.251 e. The molecule has 0 bridgehead atoms. The molecule has 0 spiro atoms. The molecule has 0 fully saturated rings. The van der Waals surface area contributed by atoms with Crippen molar-refractivity contribution < 1.29 is 17.7 Å². The number of carbonyl (C=O) groups is 1. The number of rotatable bonds is 6. The molecule has 124 valence electrons. The van der Waals surface area contributed by atoms with Gasteiger partial charge in [0.05, 0.1) is 0 Å². The van der Waals surface area contributed by atoms with Gasteiger partial charge in [-0.1, -0.05) is 5.16 Å². The molecule has 0 atom stereocenters. The minimum atomic E-state index is -3.70. The molecule has 2 aromatic rings. The van der Waals surface area contributed by atoms with Crippen molar-refractivity contribution in [3.63, 3.8) is 0 Å². The molecule has 0 saturated carbocycles. The number of likely N-dealkylation sites (N-methyl/N-ethyl adjacent to an activating group) is 1. The monoisotopic (exact) mass is 338 g/mol. The number of carbonyl (C=O) groups excluding carboxylic acids is 1. The Kier molecular flexibility index (Phi) is 5.12. The molecule has 0 aliphatic rings. The van der Waals surface area contributed by atoms with Crippen molar-refractivity contribution in [3.05, 3.63) is 41.5 Å². The van der Waals surface area contributed by atoms with Gasteiger partial charge in [0.25, 0.3) is 5.91 Å². The van der Waals surface area contributed by atoms with E-state index < -0.39 is 10.0 Å². The summed E-state index contributed by atoms with van der Waals surface area (Å²) in [5.74, 6) is -0.0364. The van der Waals surface area contributed by atoms with Crippen molar-refractivity contribution in [2.45, 2.75) is 18.7 Å². The van der Waals surface area contributed by atoms with Crippen molar-refractivity contribution in [1.29, 1.82) is 0 Å². The number of nitrogens with zero attached hydrogens (tertiary/aromatic N) is 3. The number of amides is 1. The molecule has 8 nitrogen and oxygen atoms in total. The SMILES string of the molecule is Cc1noc(C)c1S(=O)(=O)N(C)CCNC(=O)c1ccncc1. The summed E-state index contributed by atoms with van der Waals surface area (Å²) >= 11 is 0. The third kappa shape index (κ3) is 3.74. The van der Waals surface area contributed by atoms with Crippen LogP contribution in [0.3, 0.4) is 0 Å². The maximum absolute atomic E-state index is 12.5. The van der Waals surface area contributed by atoms with Crippen molar-refractivity contribution in [1.82, 2.24) is 19.8 Å². The molecule has 0 unspecified atom stereocenters. The molecule has 9 heteroatoms. The highest BCUT2D eigenvalue weighted by Crippen LogP contribution is 2.21. The zero-order chi connectivity index (χ0) is 17.0. The van der Waals surface area contributed by atoms with Crippen LogP contribution in [0, 0.1) is 13.8 Å². The van der Waals surface area contributed by atoms with Crippen LogP contribution in [-0.4, -0.2) is 48.9 Å². The second-order valence-electron chi connectivity index (χ2n) is 4.97. The molecule has 0 saturated heterocycles. The first-order valence-electron chi connectivity index (χ1n) is 6.91. The molecule has 0 aromatic carbocycles. The molecule has 0 aliphatic carbocycles. The van der Waals surface area contributed by atoms with Crippen LogP contribution >= 0.6 is 0 Å². The fourth-order valence-electron chi connectivity index (χ4n) is 2.05. The molecule has 2 heterocycles. The highest BCUT2D eigenvalue weighted by atomic mass is 32.2. The van der Waals surface area contributed by atoms with E-state index in [1.807, 2.05) is 0 Å². The van der Waals surface area contributed by atoms with E-state index in [1.54, 1.807) is 26.0 Å². The van der Waals surface area contributed by atoms with Crippen LogP contribution in [-0.2, 0) is 10.0 Å². The quantitative estimate of drug-likeness (QED) is 0.833. The van der Waals surface area contributed by atoms with Crippen LogP contribution in [0.5, 0.6) is 0 Å². The van der Waals surface area contributed by atoms with Gasteiger partial charge in [0.2, 0.25) is 10.0 Å². The number of pyridine rings is 1. The van der Waals surface area contributed by atoms with Gasteiger partial charge in [-0.3, -0.25) is 9.78 Å². The van der Waals surface area contributed by atoms with Gasteiger partial charge in [0.1, 0.15) is 10.6 Å². The Bertz CT molecular complexity index is 767. The Hall–Kier alpha value is -2.26. The Morgan fingerprint density at radius 3 is 2.52 bits per heavy atom. The molecule has 0 aliphatic heterocycles. The highest BCUT2D eigenvalue weighted by Gasteiger charge is 2.28. The molecule has 1 N–H and O–H groups in total. The Balaban J connectivity index is 1.97. The second kappa shape index (κ2) is 6.88. The lowest BCUT2D eigenvalue weighted by molar-refractivity contribution is 0.0952. The standard InChI is InChI=1S/C14H18N4O4S/c1-10-13(11(2)22-17-10)23(20,21)18(3)9-8-16-14(19)12-4-6-15-7-5-12/h4-7H,8-9H2,1-3H3,(H,16,19). The topological polar surface area (TPSA) is 105 Å². The van der Waals surface area contributed by atoms with Crippen LogP contribution in [0.2, 0.25) is 0 Å². The van der Waals surface area contributed by atoms with E-state index in [0.29, 0.717) is 11.3 Å². The lowest BCUT2D eigenvalue weighted by Gasteiger charge is -2.17. The van der Waals surface area contributed by atoms with Crippen molar-refractivity contribution in [2.75, 3.05) is 20.1 Å². The summed E-state index contributed by atoms with van der Waals surface area (Å²) in [7, 11) is -2.26. The van der Waals surface area contributed by atoms with Crippen LogP contribution < -0.4 is 5.32 Å². The van der Waals surface area contributed by atoms with E-state index in [4.69, 9.17) is 4.52 Å². The van der Waals surface area contributed by atoms with Crippen LogP contribution in [0.4, 0.5) is 0 Å². The molecular formula is C14H18N4O4S. The summed E-state index contributed by atoms with van der Waals surface area (Å²) < 4.78 is 31.0. The summed E-state index contributed by atoms with van der Waals surface area (Å²) in [4.78, 5) is 15.8. The number of hydrogen-bond acceptors (Lipinski definition) is 6. The van der Waals surface area contributed by atoms with E-state index in [-0.39, 0.29) is 29.7 Å². The normalized spacial score (nSPS) is 11.7. The molecular weight excluding hydrogens is 320 g/mol. The summed E-state index contributed by atoms with van der Waals surface area (Å²) in [6.45, 7) is 3.43. The fourth-order valence-corrected chi connectivity index (χ4v) is 3.51. The largest absolute Gasteiger partial charge is 0.360 e. The van der Waals surface area contributed by atoms with E-state index in [1.165, 1.54) is 19.4 Å². The third-order valence-corrected chi connectivity index (χ3v) is 5.39. The lowest BCUT2D eigenvalue weighted by atomic mass is 10.2. The van der Waals surface area contributed by atoms with E-state index in [0.717, 1.165) is 4.31 Å². The maximum Gasteiger partial charge on any atom is 0.251 e.